The first kappa shape index (κ1) is 20.0. The summed E-state index contributed by atoms with van der Waals surface area (Å²) in [7, 11) is 1.84. The highest BCUT2D eigenvalue weighted by Crippen LogP contribution is 2.27. The number of nitrogens with zero attached hydrogens (tertiary/aromatic N) is 2. The molecule has 0 saturated carbocycles. The van der Waals surface area contributed by atoms with Gasteiger partial charge in [0.05, 0.1) is 18.1 Å². The van der Waals surface area contributed by atoms with E-state index >= 15 is 0 Å². The van der Waals surface area contributed by atoms with Crippen LogP contribution in [0.5, 0.6) is 0 Å². The second-order valence-electron chi connectivity index (χ2n) is 7.14. The fraction of sp³-hybridized carbons (Fsp3) is 0.174. The lowest BCUT2D eigenvalue weighted by Crippen LogP contribution is -2.39. The molecule has 4 aromatic rings. The third kappa shape index (κ3) is 4.17. The average molecular weight is 419 g/mol. The van der Waals surface area contributed by atoms with E-state index in [0.717, 1.165) is 16.8 Å². The summed E-state index contributed by atoms with van der Waals surface area (Å²) in [5, 5.41) is 4.89. The minimum atomic E-state index is -0.419. The van der Waals surface area contributed by atoms with Crippen LogP contribution in [-0.2, 0) is 11.3 Å². The number of fused-ring (bicyclic) bond motifs is 1. The lowest BCUT2D eigenvalue weighted by molar-refractivity contribution is -0.120. The molecule has 4 rings (SSSR count). The number of thiophene rings is 1. The quantitative estimate of drug-likeness (QED) is 0.494. The van der Waals surface area contributed by atoms with Crippen LogP contribution in [0.15, 0.2) is 70.8 Å². The number of rotatable bonds is 6. The Kier molecular flexibility index (Phi) is 5.74. The monoisotopic (exact) mass is 418 g/mol. The third-order valence-corrected chi connectivity index (χ3v) is 5.98. The van der Waals surface area contributed by atoms with Gasteiger partial charge in [-0.05, 0) is 37.0 Å². The molecule has 7 heteroatoms. The van der Waals surface area contributed by atoms with Gasteiger partial charge in [-0.3, -0.25) is 14.5 Å². The highest BCUT2D eigenvalue weighted by atomic mass is 32.1. The molecule has 2 N–H and O–H groups in total. The van der Waals surface area contributed by atoms with E-state index in [9.17, 15) is 9.59 Å². The molecule has 0 aliphatic rings. The fourth-order valence-corrected chi connectivity index (χ4v) is 3.99. The Morgan fingerprint density at radius 2 is 1.87 bits per heavy atom. The van der Waals surface area contributed by atoms with Crippen LogP contribution in [0.2, 0.25) is 0 Å². The van der Waals surface area contributed by atoms with Gasteiger partial charge in [-0.15, -0.1) is 11.3 Å². The molecule has 0 bridgehead atoms. The molecular formula is C23H22N4O2S. The van der Waals surface area contributed by atoms with E-state index in [0.29, 0.717) is 22.6 Å². The summed E-state index contributed by atoms with van der Waals surface area (Å²) in [6.07, 6.45) is 0. The van der Waals surface area contributed by atoms with Crippen LogP contribution in [0.3, 0.4) is 0 Å². The van der Waals surface area contributed by atoms with Crippen molar-refractivity contribution in [3.05, 3.63) is 82.2 Å². The number of aromatic amines is 1. The molecule has 0 aliphatic carbocycles. The van der Waals surface area contributed by atoms with Crippen LogP contribution in [0.1, 0.15) is 12.7 Å². The van der Waals surface area contributed by atoms with Gasteiger partial charge in [0.25, 0.3) is 5.56 Å². The Hall–Kier alpha value is -3.29. The maximum atomic E-state index is 12.9. The Morgan fingerprint density at radius 1 is 1.13 bits per heavy atom. The van der Waals surface area contributed by atoms with Crippen LogP contribution in [-0.4, -0.2) is 33.9 Å². The number of carbonyl (C=O) groups excluding carboxylic acids is 1. The van der Waals surface area contributed by atoms with Crippen molar-refractivity contribution < 1.29 is 4.79 Å². The van der Waals surface area contributed by atoms with Gasteiger partial charge in [-0.25, -0.2) is 4.98 Å². The summed E-state index contributed by atoms with van der Waals surface area (Å²) in [4.78, 5) is 34.3. The topological polar surface area (TPSA) is 78.1 Å². The second-order valence-corrected chi connectivity index (χ2v) is 8.06. The largest absolute Gasteiger partial charge is 0.324 e. The Bertz CT molecular complexity index is 1230. The molecule has 2 aromatic carbocycles. The number of para-hydroxylation sites is 1. The second kappa shape index (κ2) is 8.61. The molecule has 0 spiro atoms. The molecule has 2 heterocycles. The number of carbonyl (C=O) groups is 1. The first-order valence-corrected chi connectivity index (χ1v) is 10.5. The van der Waals surface area contributed by atoms with Crippen molar-refractivity contribution in [2.24, 2.45) is 0 Å². The first-order chi connectivity index (χ1) is 14.5. The zero-order chi connectivity index (χ0) is 21.1. The van der Waals surface area contributed by atoms with Gasteiger partial charge < -0.3 is 10.3 Å². The number of nitrogens with one attached hydrogen (secondary N) is 2. The van der Waals surface area contributed by atoms with Crippen molar-refractivity contribution in [3.8, 4) is 11.1 Å². The minimum absolute atomic E-state index is 0.125. The van der Waals surface area contributed by atoms with Gasteiger partial charge in [0.15, 0.2) is 0 Å². The maximum Gasteiger partial charge on any atom is 0.268 e. The van der Waals surface area contributed by atoms with Gasteiger partial charge >= 0.3 is 0 Å². The molecule has 152 valence electrons. The molecule has 0 saturated heterocycles. The highest BCUT2D eigenvalue weighted by molar-refractivity contribution is 7.17. The highest BCUT2D eigenvalue weighted by Gasteiger charge is 2.20. The summed E-state index contributed by atoms with van der Waals surface area (Å²) >= 11 is 1.37. The number of anilines is 1. The van der Waals surface area contributed by atoms with Crippen molar-refractivity contribution in [1.82, 2.24) is 14.9 Å². The van der Waals surface area contributed by atoms with Crippen LogP contribution >= 0.6 is 11.3 Å². The smallest absolute Gasteiger partial charge is 0.268 e. The van der Waals surface area contributed by atoms with Crippen molar-refractivity contribution in [2.75, 3.05) is 12.4 Å². The zero-order valence-electron chi connectivity index (χ0n) is 16.8. The van der Waals surface area contributed by atoms with Crippen LogP contribution in [0.25, 0.3) is 21.3 Å². The molecular weight excluding hydrogens is 396 g/mol. The lowest BCUT2D eigenvalue weighted by Gasteiger charge is -2.24. The Morgan fingerprint density at radius 3 is 2.67 bits per heavy atom. The van der Waals surface area contributed by atoms with E-state index in [-0.39, 0.29) is 11.5 Å². The summed E-state index contributed by atoms with van der Waals surface area (Å²) in [5.74, 6) is 0.414. The number of hydrogen-bond acceptors (Lipinski definition) is 5. The van der Waals surface area contributed by atoms with Gasteiger partial charge in [0.2, 0.25) is 5.91 Å². The van der Waals surface area contributed by atoms with E-state index in [1.54, 1.807) is 0 Å². The summed E-state index contributed by atoms with van der Waals surface area (Å²) < 4.78 is 0.615. The van der Waals surface area contributed by atoms with Crippen LogP contribution in [0, 0.1) is 0 Å². The Balaban J connectivity index is 1.49. The number of likely N-dealkylation sites (N-methyl/N-ethyl adjacent to an activating group) is 1. The van der Waals surface area contributed by atoms with E-state index in [2.05, 4.69) is 15.3 Å². The van der Waals surface area contributed by atoms with E-state index in [4.69, 9.17) is 0 Å². The molecule has 1 unspecified atom stereocenters. The van der Waals surface area contributed by atoms with E-state index in [1.807, 2.05) is 84.9 Å². The molecule has 1 atom stereocenters. The molecule has 30 heavy (non-hydrogen) atoms. The maximum absolute atomic E-state index is 12.9. The molecule has 2 aromatic heterocycles. The molecule has 0 radical (unpaired) electrons. The number of aromatic nitrogens is 2. The van der Waals surface area contributed by atoms with Crippen molar-refractivity contribution in [1.29, 1.82) is 0 Å². The molecule has 0 aliphatic heterocycles. The predicted octanol–water partition coefficient (Wildman–Crippen LogP) is 4.11. The number of benzene rings is 2. The third-order valence-electron chi connectivity index (χ3n) is 5.07. The van der Waals surface area contributed by atoms with Gasteiger partial charge in [0, 0.05) is 11.3 Å². The van der Waals surface area contributed by atoms with Crippen molar-refractivity contribution in [3.63, 3.8) is 0 Å². The zero-order valence-corrected chi connectivity index (χ0v) is 17.6. The van der Waals surface area contributed by atoms with E-state index < -0.39 is 6.04 Å². The fourth-order valence-electron chi connectivity index (χ4n) is 3.27. The predicted molar refractivity (Wildman–Crippen MR) is 122 cm³/mol. The summed E-state index contributed by atoms with van der Waals surface area (Å²) in [6.45, 7) is 2.19. The molecule has 1 amide bonds. The standard InChI is InChI=1S/C23H22N4O2S/c1-15(27(2)14-20-24-19-12-13-30-21(19)23(29)26-20)22(28)25-18-11-7-6-10-17(18)16-8-4-3-5-9-16/h3-13,15H,14H2,1-2H3,(H,25,28)(H,24,26,29). The van der Waals surface area contributed by atoms with Crippen LogP contribution in [0.4, 0.5) is 5.69 Å². The van der Waals surface area contributed by atoms with Crippen molar-refractivity contribution >= 4 is 33.1 Å². The SMILES string of the molecule is CC(C(=O)Nc1ccccc1-c1ccccc1)N(C)Cc1nc2ccsc2c(=O)[nH]1. The lowest BCUT2D eigenvalue weighted by atomic mass is 10.0. The first-order valence-electron chi connectivity index (χ1n) is 9.65. The van der Waals surface area contributed by atoms with Gasteiger partial charge in [-0.2, -0.15) is 0 Å². The van der Waals surface area contributed by atoms with Gasteiger partial charge in [0.1, 0.15) is 10.5 Å². The normalized spacial score (nSPS) is 12.2. The van der Waals surface area contributed by atoms with Gasteiger partial charge in [-0.1, -0.05) is 48.5 Å². The molecule has 6 nitrogen and oxygen atoms in total. The number of H-pyrrole nitrogens is 1. The van der Waals surface area contributed by atoms with E-state index in [1.165, 1.54) is 11.3 Å². The summed E-state index contributed by atoms with van der Waals surface area (Å²) in [6, 6.07) is 19.1. The number of amides is 1. The van der Waals surface area contributed by atoms with Crippen LogP contribution < -0.4 is 10.9 Å². The average Bonchev–Trinajstić information content (AvgIpc) is 3.23. The van der Waals surface area contributed by atoms with Crippen molar-refractivity contribution in [2.45, 2.75) is 19.5 Å². The summed E-state index contributed by atoms with van der Waals surface area (Å²) in [5.41, 5.74) is 3.31. The minimum Gasteiger partial charge on any atom is -0.324 e. The number of hydrogen-bond donors (Lipinski definition) is 2. The molecule has 0 fully saturated rings. The Labute approximate surface area is 178 Å².